The van der Waals surface area contributed by atoms with Crippen LogP contribution in [0.25, 0.3) is 0 Å². The zero-order valence-corrected chi connectivity index (χ0v) is 11.4. The molecule has 0 fully saturated rings. The van der Waals surface area contributed by atoms with Crippen molar-refractivity contribution < 1.29 is 14.6 Å². The van der Waals surface area contributed by atoms with Crippen molar-refractivity contribution in [3.8, 4) is 5.75 Å². The molecule has 2 atom stereocenters. The lowest BCUT2D eigenvalue weighted by Crippen LogP contribution is -2.40. The first-order valence-electron chi connectivity index (χ1n) is 6.44. The minimum absolute atomic E-state index is 0.0147. The van der Waals surface area contributed by atoms with Crippen molar-refractivity contribution >= 4 is 5.91 Å². The second-order valence-corrected chi connectivity index (χ2v) is 4.51. The number of likely N-dealkylation sites (N-methyl/N-ethyl adjacent to an activating group) is 1. The highest BCUT2D eigenvalue weighted by Crippen LogP contribution is 2.13. The molecule has 0 spiro atoms. The number of benzene rings is 1. The molecular weight excluding hydrogens is 244 g/mol. The second-order valence-electron chi connectivity index (χ2n) is 4.51. The van der Waals surface area contributed by atoms with Crippen LogP contribution in [-0.4, -0.2) is 36.3 Å². The molecule has 0 aliphatic carbocycles. The molecule has 0 unspecified atom stereocenters. The quantitative estimate of drug-likeness (QED) is 0.638. The van der Waals surface area contributed by atoms with Gasteiger partial charge in [0.25, 0.3) is 0 Å². The van der Waals surface area contributed by atoms with Gasteiger partial charge in [0.2, 0.25) is 5.91 Å². The van der Waals surface area contributed by atoms with Gasteiger partial charge in [0.1, 0.15) is 18.5 Å². The molecular formula is C14H22N2O3. The van der Waals surface area contributed by atoms with E-state index in [1.54, 1.807) is 24.3 Å². The Morgan fingerprint density at radius 3 is 2.58 bits per heavy atom. The fourth-order valence-corrected chi connectivity index (χ4v) is 1.69. The van der Waals surface area contributed by atoms with E-state index >= 15 is 0 Å². The first-order chi connectivity index (χ1) is 9.02. The molecule has 0 radical (unpaired) electrons. The molecule has 4 N–H and O–H groups in total. The zero-order valence-electron chi connectivity index (χ0n) is 11.4. The van der Waals surface area contributed by atoms with E-state index < -0.39 is 6.10 Å². The van der Waals surface area contributed by atoms with Crippen molar-refractivity contribution in [1.29, 1.82) is 0 Å². The molecule has 1 aromatic rings. The maximum atomic E-state index is 10.8. The molecule has 5 nitrogen and oxygen atoms in total. The van der Waals surface area contributed by atoms with Crippen LogP contribution in [-0.2, 0) is 11.2 Å². The van der Waals surface area contributed by atoms with Crippen LogP contribution >= 0.6 is 0 Å². The molecule has 0 aliphatic rings. The summed E-state index contributed by atoms with van der Waals surface area (Å²) in [7, 11) is 0. The highest BCUT2D eigenvalue weighted by molar-refractivity contribution is 5.76. The molecule has 0 saturated heterocycles. The predicted octanol–water partition coefficient (Wildman–Crippen LogP) is 0.452. The number of hydrogen-bond donors (Lipinski definition) is 3. The van der Waals surface area contributed by atoms with Gasteiger partial charge in [-0.15, -0.1) is 0 Å². The summed E-state index contributed by atoms with van der Waals surface area (Å²) in [5, 5.41) is 13.0. The first-order valence-corrected chi connectivity index (χ1v) is 6.44. The lowest BCUT2D eigenvalue weighted by atomic mass is 10.1. The summed E-state index contributed by atoms with van der Waals surface area (Å²) in [6.45, 7) is 4.93. The van der Waals surface area contributed by atoms with Crippen LogP contribution < -0.4 is 15.8 Å². The Bertz CT molecular complexity index is 392. The number of hydrogen-bond acceptors (Lipinski definition) is 4. The van der Waals surface area contributed by atoms with Gasteiger partial charge in [0.15, 0.2) is 0 Å². The molecule has 1 rings (SSSR count). The summed E-state index contributed by atoms with van der Waals surface area (Å²) < 4.78 is 5.49. The van der Waals surface area contributed by atoms with E-state index in [2.05, 4.69) is 5.32 Å². The van der Waals surface area contributed by atoms with Crippen LogP contribution in [0.4, 0.5) is 0 Å². The van der Waals surface area contributed by atoms with Crippen LogP contribution in [0.15, 0.2) is 24.3 Å². The number of ether oxygens (including phenoxy) is 1. The van der Waals surface area contributed by atoms with Gasteiger partial charge in [-0.05, 0) is 31.2 Å². The van der Waals surface area contributed by atoms with E-state index in [4.69, 9.17) is 10.5 Å². The van der Waals surface area contributed by atoms with E-state index in [1.165, 1.54) is 0 Å². The second kappa shape index (κ2) is 7.76. The number of nitrogens with one attached hydrogen (secondary N) is 1. The monoisotopic (exact) mass is 266 g/mol. The Morgan fingerprint density at radius 1 is 1.42 bits per heavy atom. The molecule has 106 valence electrons. The van der Waals surface area contributed by atoms with E-state index in [9.17, 15) is 9.90 Å². The largest absolute Gasteiger partial charge is 0.491 e. The normalized spacial score (nSPS) is 13.8. The molecule has 0 bridgehead atoms. The SMILES string of the molecule is CCN[C@@H](C)[C@@H](O)COc1ccc(CC(N)=O)cc1. The van der Waals surface area contributed by atoms with Gasteiger partial charge in [-0.2, -0.15) is 0 Å². The number of aliphatic hydroxyl groups is 1. The molecule has 0 aromatic heterocycles. The van der Waals surface area contributed by atoms with Gasteiger partial charge in [-0.1, -0.05) is 19.1 Å². The third-order valence-electron chi connectivity index (χ3n) is 2.83. The number of carbonyl (C=O) groups is 1. The van der Waals surface area contributed by atoms with E-state index in [-0.39, 0.29) is 25.0 Å². The Labute approximate surface area is 113 Å². The number of primary amides is 1. The summed E-state index contributed by atoms with van der Waals surface area (Å²) in [6.07, 6.45) is -0.342. The fraction of sp³-hybridized carbons (Fsp3) is 0.500. The van der Waals surface area contributed by atoms with Crippen molar-refractivity contribution in [1.82, 2.24) is 5.32 Å². The summed E-state index contributed by atoms with van der Waals surface area (Å²) in [6, 6.07) is 7.10. The number of nitrogens with two attached hydrogens (primary N) is 1. The molecule has 0 saturated carbocycles. The smallest absolute Gasteiger partial charge is 0.221 e. The van der Waals surface area contributed by atoms with E-state index in [0.29, 0.717) is 5.75 Å². The molecule has 1 amide bonds. The maximum absolute atomic E-state index is 10.8. The average Bonchev–Trinajstić information content (AvgIpc) is 2.37. The Kier molecular flexibility index (Phi) is 6.32. The zero-order chi connectivity index (χ0) is 14.3. The van der Waals surface area contributed by atoms with E-state index in [1.807, 2.05) is 13.8 Å². The van der Waals surface area contributed by atoms with Gasteiger partial charge in [-0.25, -0.2) is 0 Å². The topological polar surface area (TPSA) is 84.6 Å². The van der Waals surface area contributed by atoms with Gasteiger partial charge in [-0.3, -0.25) is 4.79 Å². The predicted molar refractivity (Wildman–Crippen MR) is 74.0 cm³/mol. The van der Waals surface area contributed by atoms with Crippen LogP contribution in [0.2, 0.25) is 0 Å². The van der Waals surface area contributed by atoms with Crippen LogP contribution in [0.3, 0.4) is 0 Å². The lowest BCUT2D eigenvalue weighted by molar-refractivity contribution is -0.117. The minimum Gasteiger partial charge on any atom is -0.491 e. The average molecular weight is 266 g/mol. The number of aliphatic hydroxyl groups excluding tert-OH is 1. The van der Waals surface area contributed by atoms with Gasteiger partial charge in [0.05, 0.1) is 6.42 Å². The Balaban J connectivity index is 2.43. The van der Waals surface area contributed by atoms with Crippen molar-refractivity contribution in [3.05, 3.63) is 29.8 Å². The summed E-state index contributed by atoms with van der Waals surface area (Å²) in [5.74, 6) is 0.305. The van der Waals surface area contributed by atoms with Crippen molar-refractivity contribution in [2.24, 2.45) is 5.73 Å². The first kappa shape index (κ1) is 15.5. The van der Waals surface area contributed by atoms with Gasteiger partial charge >= 0.3 is 0 Å². The standard InChI is InChI=1S/C14H22N2O3/c1-3-16-10(2)13(17)9-19-12-6-4-11(5-7-12)8-14(15)18/h4-7,10,13,16-17H,3,8-9H2,1-2H3,(H2,15,18)/t10-,13-/m0/s1. The maximum Gasteiger partial charge on any atom is 0.221 e. The molecule has 0 aliphatic heterocycles. The lowest BCUT2D eigenvalue weighted by Gasteiger charge is -2.19. The minimum atomic E-state index is -0.565. The summed E-state index contributed by atoms with van der Waals surface area (Å²) in [4.78, 5) is 10.8. The number of amides is 1. The van der Waals surface area contributed by atoms with Crippen LogP contribution in [0.1, 0.15) is 19.4 Å². The number of rotatable bonds is 8. The Morgan fingerprint density at radius 2 is 2.05 bits per heavy atom. The number of carbonyl (C=O) groups excluding carboxylic acids is 1. The van der Waals surface area contributed by atoms with Crippen molar-refractivity contribution in [2.75, 3.05) is 13.2 Å². The van der Waals surface area contributed by atoms with Crippen molar-refractivity contribution in [3.63, 3.8) is 0 Å². The molecule has 19 heavy (non-hydrogen) atoms. The van der Waals surface area contributed by atoms with Gasteiger partial charge in [0, 0.05) is 6.04 Å². The Hall–Kier alpha value is -1.59. The summed E-state index contributed by atoms with van der Waals surface area (Å²) in [5.41, 5.74) is 5.96. The van der Waals surface area contributed by atoms with Crippen LogP contribution in [0, 0.1) is 0 Å². The van der Waals surface area contributed by atoms with Crippen LogP contribution in [0.5, 0.6) is 5.75 Å². The third kappa shape index (κ3) is 5.72. The summed E-state index contributed by atoms with van der Waals surface area (Å²) >= 11 is 0. The van der Waals surface area contributed by atoms with E-state index in [0.717, 1.165) is 12.1 Å². The molecule has 5 heteroatoms. The highest BCUT2D eigenvalue weighted by atomic mass is 16.5. The fourth-order valence-electron chi connectivity index (χ4n) is 1.69. The highest BCUT2D eigenvalue weighted by Gasteiger charge is 2.13. The van der Waals surface area contributed by atoms with Crippen molar-refractivity contribution in [2.45, 2.75) is 32.4 Å². The molecule has 0 heterocycles. The molecule has 1 aromatic carbocycles. The van der Waals surface area contributed by atoms with Gasteiger partial charge < -0.3 is 20.9 Å². The third-order valence-corrected chi connectivity index (χ3v) is 2.83.